The third-order valence-electron chi connectivity index (χ3n) is 3.85. The van der Waals surface area contributed by atoms with E-state index < -0.39 is 0 Å². The van der Waals surface area contributed by atoms with Crippen LogP contribution >= 0.6 is 0 Å². The lowest BCUT2D eigenvalue weighted by molar-refractivity contribution is -0.137. The second-order valence-corrected chi connectivity index (χ2v) is 5.47. The van der Waals surface area contributed by atoms with Crippen molar-refractivity contribution in [3.63, 3.8) is 0 Å². The van der Waals surface area contributed by atoms with Crippen molar-refractivity contribution in [2.24, 2.45) is 0 Å². The standard InChI is InChI=1S/C16H20N4O3/c1-22-12-15(21)20-9-7-19(8-10-20)11-14-17-16(18-23-14)13-5-3-2-4-6-13/h2-6H,7-12H2,1H3. The van der Waals surface area contributed by atoms with Gasteiger partial charge in [0.25, 0.3) is 0 Å². The maximum absolute atomic E-state index is 11.8. The van der Waals surface area contributed by atoms with E-state index >= 15 is 0 Å². The molecule has 2 aromatic rings. The molecule has 1 aliphatic rings. The molecule has 0 radical (unpaired) electrons. The van der Waals surface area contributed by atoms with Crippen LogP contribution < -0.4 is 0 Å². The summed E-state index contributed by atoms with van der Waals surface area (Å²) in [6.45, 7) is 3.72. The molecule has 1 amide bonds. The van der Waals surface area contributed by atoms with Gasteiger partial charge < -0.3 is 14.2 Å². The Morgan fingerprint density at radius 2 is 1.96 bits per heavy atom. The van der Waals surface area contributed by atoms with Gasteiger partial charge in [-0.2, -0.15) is 4.98 Å². The number of benzene rings is 1. The topological polar surface area (TPSA) is 71.7 Å². The minimum Gasteiger partial charge on any atom is -0.375 e. The normalized spacial score (nSPS) is 15.8. The van der Waals surface area contributed by atoms with Crippen molar-refractivity contribution in [1.29, 1.82) is 0 Å². The Bertz CT molecular complexity index is 636. The first-order valence-electron chi connectivity index (χ1n) is 7.63. The number of rotatable bonds is 5. The Labute approximate surface area is 134 Å². The number of nitrogens with zero attached hydrogens (tertiary/aromatic N) is 4. The van der Waals surface area contributed by atoms with Crippen LogP contribution in [0.2, 0.25) is 0 Å². The van der Waals surface area contributed by atoms with Crippen molar-refractivity contribution < 1.29 is 14.1 Å². The summed E-state index contributed by atoms with van der Waals surface area (Å²) in [5, 5.41) is 4.03. The summed E-state index contributed by atoms with van der Waals surface area (Å²) < 4.78 is 10.2. The monoisotopic (exact) mass is 316 g/mol. The average molecular weight is 316 g/mol. The molecular weight excluding hydrogens is 296 g/mol. The summed E-state index contributed by atoms with van der Waals surface area (Å²) in [5.74, 6) is 1.24. The van der Waals surface area contributed by atoms with Crippen LogP contribution in [0.1, 0.15) is 5.89 Å². The van der Waals surface area contributed by atoms with Crippen LogP contribution in [0.15, 0.2) is 34.9 Å². The summed E-state index contributed by atoms with van der Waals surface area (Å²) >= 11 is 0. The van der Waals surface area contributed by atoms with Gasteiger partial charge in [-0.1, -0.05) is 35.5 Å². The van der Waals surface area contributed by atoms with E-state index in [4.69, 9.17) is 9.26 Å². The van der Waals surface area contributed by atoms with Crippen molar-refractivity contribution in [2.75, 3.05) is 39.9 Å². The Kier molecular flexibility index (Phi) is 4.99. The predicted octanol–water partition coefficient (Wildman–Crippen LogP) is 1.03. The fraction of sp³-hybridized carbons (Fsp3) is 0.438. The third-order valence-corrected chi connectivity index (χ3v) is 3.85. The molecule has 1 saturated heterocycles. The molecule has 1 aliphatic heterocycles. The average Bonchev–Trinajstić information content (AvgIpc) is 3.05. The molecule has 1 fully saturated rings. The molecule has 0 saturated carbocycles. The first-order valence-corrected chi connectivity index (χ1v) is 7.63. The van der Waals surface area contributed by atoms with Crippen molar-refractivity contribution in [3.8, 4) is 11.4 Å². The second-order valence-electron chi connectivity index (χ2n) is 5.47. The van der Waals surface area contributed by atoms with E-state index in [-0.39, 0.29) is 12.5 Å². The highest BCUT2D eigenvalue weighted by Gasteiger charge is 2.22. The first kappa shape index (κ1) is 15.6. The van der Waals surface area contributed by atoms with E-state index in [1.165, 1.54) is 7.11 Å². The number of methoxy groups -OCH3 is 1. The van der Waals surface area contributed by atoms with E-state index in [0.29, 0.717) is 31.3 Å². The fourth-order valence-electron chi connectivity index (χ4n) is 2.59. The Morgan fingerprint density at radius 1 is 1.22 bits per heavy atom. The van der Waals surface area contributed by atoms with Gasteiger partial charge in [0.05, 0.1) is 6.54 Å². The molecule has 0 N–H and O–H groups in total. The molecule has 7 nitrogen and oxygen atoms in total. The van der Waals surface area contributed by atoms with Crippen LogP contribution in [0.5, 0.6) is 0 Å². The highest BCUT2D eigenvalue weighted by Crippen LogP contribution is 2.16. The maximum atomic E-state index is 11.8. The number of hydrogen-bond acceptors (Lipinski definition) is 6. The highest BCUT2D eigenvalue weighted by atomic mass is 16.5. The van der Waals surface area contributed by atoms with Crippen molar-refractivity contribution in [1.82, 2.24) is 19.9 Å². The third kappa shape index (κ3) is 3.94. The molecule has 0 atom stereocenters. The number of aromatic nitrogens is 2. The van der Waals surface area contributed by atoms with Gasteiger partial charge in [0.1, 0.15) is 6.61 Å². The number of hydrogen-bond donors (Lipinski definition) is 0. The SMILES string of the molecule is COCC(=O)N1CCN(Cc2nc(-c3ccccc3)no2)CC1. The molecule has 1 aromatic carbocycles. The number of ether oxygens (including phenoxy) is 1. The van der Waals surface area contributed by atoms with Gasteiger partial charge in [-0.05, 0) is 0 Å². The van der Waals surface area contributed by atoms with Crippen LogP contribution in [0, 0.1) is 0 Å². The van der Waals surface area contributed by atoms with Gasteiger partial charge in [0.2, 0.25) is 17.6 Å². The number of piperazine rings is 1. The Hall–Kier alpha value is -2.25. The van der Waals surface area contributed by atoms with Gasteiger partial charge in [-0.25, -0.2) is 0 Å². The Morgan fingerprint density at radius 3 is 2.65 bits per heavy atom. The lowest BCUT2D eigenvalue weighted by Gasteiger charge is -2.33. The zero-order valence-electron chi connectivity index (χ0n) is 13.1. The van der Waals surface area contributed by atoms with E-state index in [2.05, 4.69) is 15.0 Å². The van der Waals surface area contributed by atoms with Gasteiger partial charge in [0.15, 0.2) is 0 Å². The molecular formula is C16H20N4O3. The number of carbonyl (C=O) groups is 1. The van der Waals surface area contributed by atoms with Crippen molar-refractivity contribution in [3.05, 3.63) is 36.2 Å². The second kappa shape index (κ2) is 7.34. The minimum absolute atomic E-state index is 0.0382. The summed E-state index contributed by atoms with van der Waals surface area (Å²) in [7, 11) is 1.54. The van der Waals surface area contributed by atoms with Crippen molar-refractivity contribution in [2.45, 2.75) is 6.54 Å². The van der Waals surface area contributed by atoms with Gasteiger partial charge in [-0.3, -0.25) is 9.69 Å². The summed E-state index contributed by atoms with van der Waals surface area (Å²) in [4.78, 5) is 20.2. The number of carbonyl (C=O) groups excluding carboxylic acids is 1. The molecule has 0 bridgehead atoms. The molecule has 3 rings (SSSR count). The predicted molar refractivity (Wildman–Crippen MR) is 83.5 cm³/mol. The van der Waals surface area contributed by atoms with Crippen LogP contribution in [-0.4, -0.2) is 65.7 Å². The van der Waals surface area contributed by atoms with Crippen molar-refractivity contribution >= 4 is 5.91 Å². The number of amides is 1. The Balaban J connectivity index is 1.53. The zero-order chi connectivity index (χ0) is 16.1. The molecule has 0 unspecified atom stereocenters. The van der Waals surface area contributed by atoms with E-state index in [0.717, 1.165) is 18.7 Å². The zero-order valence-corrected chi connectivity index (χ0v) is 13.1. The minimum atomic E-state index is 0.0382. The van der Waals surface area contributed by atoms with Gasteiger partial charge in [-0.15, -0.1) is 0 Å². The van der Waals surface area contributed by atoms with Gasteiger partial charge in [0, 0.05) is 38.9 Å². The first-order chi connectivity index (χ1) is 11.3. The van der Waals surface area contributed by atoms with E-state index in [9.17, 15) is 4.79 Å². The van der Waals surface area contributed by atoms with E-state index in [1.807, 2.05) is 35.2 Å². The largest absolute Gasteiger partial charge is 0.375 e. The van der Waals surface area contributed by atoms with Gasteiger partial charge >= 0.3 is 0 Å². The van der Waals surface area contributed by atoms with Crippen LogP contribution in [0.25, 0.3) is 11.4 Å². The summed E-state index contributed by atoms with van der Waals surface area (Å²) in [5.41, 5.74) is 0.942. The molecule has 0 aliphatic carbocycles. The van der Waals surface area contributed by atoms with Crippen LogP contribution in [0.4, 0.5) is 0 Å². The van der Waals surface area contributed by atoms with E-state index in [1.54, 1.807) is 0 Å². The molecule has 7 heteroatoms. The highest BCUT2D eigenvalue weighted by molar-refractivity contribution is 5.77. The lowest BCUT2D eigenvalue weighted by Crippen LogP contribution is -2.49. The van der Waals surface area contributed by atoms with Crippen LogP contribution in [-0.2, 0) is 16.1 Å². The maximum Gasteiger partial charge on any atom is 0.248 e. The summed E-state index contributed by atoms with van der Waals surface area (Å²) in [6, 6.07) is 9.75. The molecule has 2 heterocycles. The molecule has 1 aromatic heterocycles. The lowest BCUT2D eigenvalue weighted by atomic mass is 10.2. The molecule has 122 valence electrons. The van der Waals surface area contributed by atoms with Crippen LogP contribution in [0.3, 0.4) is 0 Å². The smallest absolute Gasteiger partial charge is 0.248 e. The summed E-state index contributed by atoms with van der Waals surface area (Å²) in [6.07, 6.45) is 0. The molecule has 23 heavy (non-hydrogen) atoms. The quantitative estimate of drug-likeness (QED) is 0.820. The fourth-order valence-corrected chi connectivity index (χ4v) is 2.59. The molecule has 0 spiro atoms.